The quantitative estimate of drug-likeness (QED) is 0.726. The van der Waals surface area contributed by atoms with E-state index in [1.54, 1.807) is 0 Å². The zero-order valence-electron chi connectivity index (χ0n) is 10.8. The highest BCUT2D eigenvalue weighted by atomic mass is 35.5. The van der Waals surface area contributed by atoms with E-state index in [2.05, 4.69) is 5.32 Å². The fraction of sp³-hybridized carbons (Fsp3) is 1.00. The van der Waals surface area contributed by atoms with Crippen molar-refractivity contribution in [1.29, 1.82) is 0 Å². The van der Waals surface area contributed by atoms with Gasteiger partial charge in [-0.05, 0) is 32.1 Å². The first kappa shape index (κ1) is 14.0. The molecule has 110 valence electrons. The molecule has 2 saturated carbocycles. The summed E-state index contributed by atoms with van der Waals surface area (Å²) in [6.07, 6.45) is 0.0192. The van der Waals surface area contributed by atoms with Crippen LogP contribution in [-0.4, -0.2) is 42.1 Å². The molecule has 3 rings (SSSR count). The molecule has 3 fully saturated rings. The molecule has 0 bridgehead atoms. The Hall–Kier alpha value is 0.0300. The average Bonchev–Trinajstić information content (AvgIpc) is 2.76. The number of hydrogen-bond donors (Lipinski definition) is 2. The lowest BCUT2D eigenvalue weighted by molar-refractivity contribution is -0.0339. The number of hydrogen-bond acceptors (Lipinski definition) is 3. The van der Waals surface area contributed by atoms with E-state index < -0.39 is 12.3 Å². The van der Waals surface area contributed by atoms with Gasteiger partial charge in [-0.1, -0.05) is 0 Å². The Morgan fingerprint density at radius 1 is 1.11 bits per heavy atom. The molecule has 6 heteroatoms. The van der Waals surface area contributed by atoms with Crippen LogP contribution in [0.2, 0.25) is 0 Å². The van der Waals surface area contributed by atoms with Crippen LogP contribution in [-0.2, 0) is 4.74 Å². The summed E-state index contributed by atoms with van der Waals surface area (Å²) in [5.41, 5.74) is 5.95. The van der Waals surface area contributed by atoms with Crippen LogP contribution in [0.15, 0.2) is 0 Å². The number of nitrogens with one attached hydrogen (secondary N) is 1. The first-order chi connectivity index (χ1) is 9.04. The standard InChI is InChI=1S/C13H21ClF2N2O/c14-8-5-10(16)9(15)4-7(8)13-18-11-3-6(17)1-2-12(11)19-13/h6-13,18H,1-5,17H2. The van der Waals surface area contributed by atoms with Crippen LogP contribution in [0, 0.1) is 5.92 Å². The highest BCUT2D eigenvalue weighted by molar-refractivity contribution is 6.20. The summed E-state index contributed by atoms with van der Waals surface area (Å²) in [5.74, 6) is -0.162. The van der Waals surface area contributed by atoms with E-state index in [9.17, 15) is 8.78 Å². The van der Waals surface area contributed by atoms with Gasteiger partial charge in [-0.2, -0.15) is 0 Å². The number of fused-ring (bicyclic) bond motifs is 1. The molecular weight excluding hydrogens is 274 g/mol. The Morgan fingerprint density at radius 3 is 2.63 bits per heavy atom. The third kappa shape index (κ3) is 2.75. The lowest BCUT2D eigenvalue weighted by Crippen LogP contribution is -2.47. The van der Waals surface area contributed by atoms with E-state index in [1.165, 1.54) is 0 Å². The van der Waals surface area contributed by atoms with Crippen molar-refractivity contribution in [3.8, 4) is 0 Å². The van der Waals surface area contributed by atoms with Crippen molar-refractivity contribution >= 4 is 11.6 Å². The van der Waals surface area contributed by atoms with Crippen molar-refractivity contribution in [3.05, 3.63) is 0 Å². The molecule has 8 atom stereocenters. The van der Waals surface area contributed by atoms with E-state index in [-0.39, 0.29) is 48.6 Å². The second kappa shape index (κ2) is 5.43. The third-order valence-electron chi connectivity index (χ3n) is 4.72. The molecule has 3 aliphatic rings. The van der Waals surface area contributed by atoms with Gasteiger partial charge in [-0.3, -0.25) is 5.32 Å². The number of halogens is 3. The predicted molar refractivity (Wildman–Crippen MR) is 69.6 cm³/mol. The van der Waals surface area contributed by atoms with Crippen LogP contribution in [0.1, 0.15) is 32.1 Å². The molecule has 0 aromatic rings. The van der Waals surface area contributed by atoms with Gasteiger partial charge in [0, 0.05) is 23.4 Å². The molecule has 0 aromatic heterocycles. The number of rotatable bonds is 1. The van der Waals surface area contributed by atoms with Crippen LogP contribution < -0.4 is 11.1 Å². The SMILES string of the molecule is NC1CCC2OC(C3CC(F)C(F)CC3Cl)NC2C1. The molecule has 19 heavy (non-hydrogen) atoms. The van der Waals surface area contributed by atoms with E-state index >= 15 is 0 Å². The highest BCUT2D eigenvalue weighted by Gasteiger charge is 2.47. The summed E-state index contributed by atoms with van der Waals surface area (Å²) < 4.78 is 32.8. The van der Waals surface area contributed by atoms with Gasteiger partial charge in [0.05, 0.1) is 6.10 Å². The average molecular weight is 295 g/mol. The lowest BCUT2D eigenvalue weighted by atomic mass is 9.85. The molecule has 0 spiro atoms. The summed E-state index contributed by atoms with van der Waals surface area (Å²) in [7, 11) is 0. The summed E-state index contributed by atoms with van der Waals surface area (Å²) in [6, 6.07) is 0.442. The molecule has 1 saturated heterocycles. The molecule has 2 aliphatic carbocycles. The lowest BCUT2D eigenvalue weighted by Gasteiger charge is -2.35. The molecule has 3 nitrogen and oxygen atoms in total. The Kier molecular flexibility index (Phi) is 4.00. The van der Waals surface area contributed by atoms with Gasteiger partial charge < -0.3 is 10.5 Å². The molecular formula is C13H21ClF2N2O. The minimum Gasteiger partial charge on any atom is -0.358 e. The van der Waals surface area contributed by atoms with Crippen LogP contribution >= 0.6 is 11.6 Å². The molecule has 8 unspecified atom stereocenters. The molecule has 1 heterocycles. The second-order valence-electron chi connectivity index (χ2n) is 6.12. The van der Waals surface area contributed by atoms with Crippen molar-refractivity contribution < 1.29 is 13.5 Å². The molecule has 0 aromatic carbocycles. The Balaban J connectivity index is 1.64. The maximum absolute atomic E-state index is 13.5. The first-order valence-electron chi connectivity index (χ1n) is 7.14. The fourth-order valence-corrected chi connectivity index (χ4v) is 3.99. The van der Waals surface area contributed by atoms with Crippen molar-refractivity contribution in [3.63, 3.8) is 0 Å². The Bertz CT molecular complexity index is 336. The van der Waals surface area contributed by atoms with Crippen LogP contribution in [0.4, 0.5) is 8.78 Å². The van der Waals surface area contributed by atoms with Crippen molar-refractivity contribution in [2.24, 2.45) is 11.7 Å². The van der Waals surface area contributed by atoms with Crippen molar-refractivity contribution in [1.82, 2.24) is 5.32 Å². The van der Waals surface area contributed by atoms with Crippen LogP contribution in [0.5, 0.6) is 0 Å². The fourth-order valence-electron chi connectivity index (χ4n) is 3.58. The summed E-state index contributed by atoms with van der Waals surface area (Å²) in [5, 5.41) is 3.02. The van der Waals surface area contributed by atoms with Crippen LogP contribution in [0.3, 0.4) is 0 Å². The molecule has 3 N–H and O–H groups in total. The van der Waals surface area contributed by atoms with Gasteiger partial charge in [0.2, 0.25) is 0 Å². The van der Waals surface area contributed by atoms with Crippen LogP contribution in [0.25, 0.3) is 0 Å². The van der Waals surface area contributed by atoms with Gasteiger partial charge in [0.15, 0.2) is 0 Å². The molecule has 0 radical (unpaired) electrons. The third-order valence-corrected chi connectivity index (χ3v) is 5.22. The van der Waals surface area contributed by atoms with Crippen molar-refractivity contribution in [2.75, 3.05) is 0 Å². The molecule has 0 amide bonds. The largest absolute Gasteiger partial charge is 0.358 e. The topological polar surface area (TPSA) is 47.3 Å². The summed E-state index contributed by atoms with van der Waals surface area (Å²) in [4.78, 5) is 0. The maximum Gasteiger partial charge on any atom is 0.133 e. The first-order valence-corrected chi connectivity index (χ1v) is 7.57. The second-order valence-corrected chi connectivity index (χ2v) is 6.69. The normalized spacial score (nSPS) is 54.9. The van der Waals surface area contributed by atoms with E-state index in [0.717, 1.165) is 19.3 Å². The number of alkyl halides is 3. The van der Waals surface area contributed by atoms with Gasteiger partial charge in [0.1, 0.15) is 18.6 Å². The number of nitrogens with two attached hydrogens (primary N) is 1. The smallest absolute Gasteiger partial charge is 0.133 e. The Morgan fingerprint density at radius 2 is 1.84 bits per heavy atom. The van der Waals surface area contributed by atoms with Gasteiger partial charge >= 0.3 is 0 Å². The highest BCUT2D eigenvalue weighted by Crippen LogP contribution is 2.38. The number of ether oxygens (including phenoxy) is 1. The minimum atomic E-state index is -1.43. The zero-order chi connectivity index (χ0) is 13.6. The van der Waals surface area contributed by atoms with Crippen molar-refractivity contribution in [2.45, 2.75) is 74.2 Å². The monoisotopic (exact) mass is 294 g/mol. The van der Waals surface area contributed by atoms with E-state index in [1.807, 2.05) is 0 Å². The van der Waals surface area contributed by atoms with E-state index in [4.69, 9.17) is 22.1 Å². The summed E-state index contributed by atoms with van der Waals surface area (Å²) >= 11 is 6.20. The van der Waals surface area contributed by atoms with E-state index in [0.29, 0.717) is 0 Å². The maximum atomic E-state index is 13.5. The minimum absolute atomic E-state index is 0.0732. The summed E-state index contributed by atoms with van der Waals surface area (Å²) in [6.45, 7) is 0. The van der Waals surface area contributed by atoms with Gasteiger partial charge in [-0.15, -0.1) is 11.6 Å². The van der Waals surface area contributed by atoms with Gasteiger partial charge in [-0.25, -0.2) is 8.78 Å². The predicted octanol–water partition coefficient (Wildman–Crippen LogP) is 1.87. The molecule has 1 aliphatic heterocycles. The van der Waals surface area contributed by atoms with Gasteiger partial charge in [0.25, 0.3) is 0 Å². The Labute approximate surface area is 117 Å². The zero-order valence-corrected chi connectivity index (χ0v) is 11.5.